The lowest BCUT2D eigenvalue weighted by Crippen LogP contribution is -1.72. The van der Waals surface area contributed by atoms with Gasteiger partial charge in [0.1, 0.15) is 0 Å². The highest BCUT2D eigenvalue weighted by molar-refractivity contribution is 9.08. The van der Waals surface area contributed by atoms with Gasteiger partial charge in [-0.15, -0.1) is 0 Å². The molecule has 0 aromatic heterocycles. The molecule has 104 valence electrons. The monoisotopic (exact) mass is 306 g/mol. The third-order valence-corrected chi connectivity index (χ3v) is 1.43. The second kappa shape index (κ2) is 29.6. The van der Waals surface area contributed by atoms with Crippen LogP contribution in [0.25, 0.3) is 0 Å². The lowest BCUT2D eigenvalue weighted by molar-refractivity contribution is 0.414. The van der Waals surface area contributed by atoms with Gasteiger partial charge in [-0.1, -0.05) is 74.3 Å². The van der Waals surface area contributed by atoms with E-state index in [0.717, 1.165) is 6.42 Å². The minimum Gasteiger partial charge on any atom is -0.513 e. The first-order valence-corrected chi connectivity index (χ1v) is 7.86. The van der Waals surface area contributed by atoms with Gasteiger partial charge in [0.05, 0.1) is 5.76 Å². The van der Waals surface area contributed by atoms with E-state index in [0.29, 0.717) is 5.76 Å². The maximum absolute atomic E-state index is 8.80. The lowest BCUT2D eigenvalue weighted by atomic mass is 10.2. The van der Waals surface area contributed by atoms with Crippen LogP contribution >= 0.6 is 15.9 Å². The van der Waals surface area contributed by atoms with Gasteiger partial charge in [0, 0.05) is 0 Å². The number of aliphatic hydroxyl groups is 1. The largest absolute Gasteiger partial charge is 0.513 e. The minimum atomic E-state index is 0.341. The van der Waals surface area contributed by atoms with E-state index in [1.165, 1.54) is 5.57 Å². The molecule has 0 atom stereocenters. The highest BCUT2D eigenvalue weighted by Gasteiger charge is 1.82. The predicted octanol–water partition coefficient (Wildman–Crippen LogP) is 6.42. The maximum atomic E-state index is 8.80. The van der Waals surface area contributed by atoms with Crippen LogP contribution in [0.2, 0.25) is 0 Å². The maximum Gasteiger partial charge on any atom is 0.0891 e. The number of hydrogen-bond donors (Lipinski definition) is 1. The Hall–Kier alpha value is -0.500. The lowest BCUT2D eigenvalue weighted by Gasteiger charge is -1.91. The third-order valence-electron chi connectivity index (χ3n) is 1.43. The molecule has 17 heavy (non-hydrogen) atoms. The van der Waals surface area contributed by atoms with Crippen LogP contribution < -0.4 is 0 Å². The molecule has 0 fully saturated rings. The van der Waals surface area contributed by atoms with Crippen molar-refractivity contribution in [2.75, 3.05) is 5.83 Å². The molecule has 0 aliphatic heterocycles. The summed E-state index contributed by atoms with van der Waals surface area (Å²) in [5, 5.41) is 8.80. The molecule has 0 aliphatic carbocycles. The second-order valence-electron chi connectivity index (χ2n) is 2.38. The number of alkyl halides is 1. The molecule has 0 saturated heterocycles. The molecule has 1 N–H and O–H groups in total. The zero-order valence-corrected chi connectivity index (χ0v) is 14.4. The standard InChI is InChI=1S/C10H16O.2C2H6.CH3Br/c1-4-10(5-2)8-6-7-9(3)11;3*1-2/h4,6-8,11H,5H2,1-3H3;2*1-2H3;1H3/b8-6-,9-7+,10-4-;;;. The summed E-state index contributed by atoms with van der Waals surface area (Å²) in [5.41, 5.74) is 1.28. The van der Waals surface area contributed by atoms with Gasteiger partial charge in [0.25, 0.3) is 0 Å². The molecule has 0 unspecified atom stereocenters. The number of aliphatic hydroxyl groups excluding tert-OH is 1. The fraction of sp³-hybridized carbons (Fsp3) is 0.600. The molecule has 0 radical (unpaired) electrons. The molecule has 0 saturated carbocycles. The van der Waals surface area contributed by atoms with Crippen molar-refractivity contribution in [3.05, 3.63) is 35.6 Å². The normalized spacial score (nSPS) is 10.4. The molecular formula is C15H31BrO. The molecule has 0 aromatic carbocycles. The van der Waals surface area contributed by atoms with Gasteiger partial charge in [0.15, 0.2) is 0 Å². The van der Waals surface area contributed by atoms with Crippen LogP contribution in [0.15, 0.2) is 35.6 Å². The summed E-state index contributed by atoms with van der Waals surface area (Å²) < 4.78 is 0. The topological polar surface area (TPSA) is 20.2 Å². The van der Waals surface area contributed by atoms with Crippen molar-refractivity contribution < 1.29 is 5.11 Å². The quantitative estimate of drug-likeness (QED) is 0.362. The average Bonchev–Trinajstić information content (AvgIpc) is 2.41. The zero-order chi connectivity index (χ0) is 14.7. The van der Waals surface area contributed by atoms with Crippen LogP contribution in [0.1, 0.15) is 54.9 Å². The van der Waals surface area contributed by atoms with Crippen molar-refractivity contribution in [2.24, 2.45) is 0 Å². The first kappa shape index (κ1) is 25.4. The van der Waals surface area contributed by atoms with Crippen molar-refractivity contribution in [1.29, 1.82) is 0 Å². The van der Waals surface area contributed by atoms with Gasteiger partial charge in [0.2, 0.25) is 0 Å². The van der Waals surface area contributed by atoms with Gasteiger partial charge in [-0.3, -0.25) is 0 Å². The molecule has 0 aliphatic rings. The van der Waals surface area contributed by atoms with Crippen LogP contribution in [-0.2, 0) is 0 Å². The summed E-state index contributed by atoms with van der Waals surface area (Å²) in [6.45, 7) is 13.8. The van der Waals surface area contributed by atoms with Crippen molar-refractivity contribution in [3.8, 4) is 0 Å². The smallest absolute Gasteiger partial charge is 0.0891 e. The Morgan fingerprint density at radius 2 is 1.53 bits per heavy atom. The minimum absolute atomic E-state index is 0.341. The van der Waals surface area contributed by atoms with E-state index in [9.17, 15) is 0 Å². The van der Waals surface area contributed by atoms with Crippen molar-refractivity contribution in [3.63, 3.8) is 0 Å². The summed E-state index contributed by atoms with van der Waals surface area (Å²) in [4.78, 5) is 0. The zero-order valence-electron chi connectivity index (χ0n) is 12.8. The van der Waals surface area contributed by atoms with Crippen LogP contribution in [0.3, 0.4) is 0 Å². The van der Waals surface area contributed by atoms with Gasteiger partial charge in [-0.2, -0.15) is 0 Å². The van der Waals surface area contributed by atoms with Crippen molar-refractivity contribution in [2.45, 2.75) is 54.9 Å². The van der Waals surface area contributed by atoms with Crippen LogP contribution in [0.5, 0.6) is 0 Å². The van der Waals surface area contributed by atoms with E-state index in [2.05, 4.69) is 28.9 Å². The Morgan fingerprint density at radius 3 is 1.76 bits per heavy atom. The predicted molar refractivity (Wildman–Crippen MR) is 87.1 cm³/mol. The molecule has 0 heterocycles. The van der Waals surface area contributed by atoms with Crippen LogP contribution in [0, 0.1) is 0 Å². The Balaban J connectivity index is -0.000000121. The van der Waals surface area contributed by atoms with Gasteiger partial charge >= 0.3 is 0 Å². The molecule has 0 bridgehead atoms. The summed E-state index contributed by atoms with van der Waals surface area (Å²) >= 11 is 2.94. The summed E-state index contributed by atoms with van der Waals surface area (Å²) in [5.74, 6) is 2.15. The summed E-state index contributed by atoms with van der Waals surface area (Å²) in [6.07, 6.45) is 8.63. The molecule has 0 rings (SSSR count). The van der Waals surface area contributed by atoms with Crippen molar-refractivity contribution >= 4 is 15.9 Å². The van der Waals surface area contributed by atoms with Crippen LogP contribution in [0.4, 0.5) is 0 Å². The Morgan fingerprint density at radius 1 is 1.12 bits per heavy atom. The number of halogens is 1. The van der Waals surface area contributed by atoms with E-state index in [1.807, 2.05) is 52.6 Å². The van der Waals surface area contributed by atoms with Gasteiger partial charge in [-0.05, 0) is 32.2 Å². The van der Waals surface area contributed by atoms with E-state index < -0.39 is 0 Å². The fourth-order valence-corrected chi connectivity index (χ4v) is 0.729. The number of hydrogen-bond acceptors (Lipinski definition) is 1. The highest BCUT2D eigenvalue weighted by atomic mass is 79.9. The van der Waals surface area contributed by atoms with E-state index in [1.54, 1.807) is 13.0 Å². The highest BCUT2D eigenvalue weighted by Crippen LogP contribution is 2.01. The van der Waals surface area contributed by atoms with E-state index in [-0.39, 0.29) is 0 Å². The van der Waals surface area contributed by atoms with E-state index >= 15 is 0 Å². The molecule has 0 amide bonds. The SMILES string of the molecule is CBr.CC.CC.C\C=C(/C=C\C=C(/C)O)CC. The van der Waals surface area contributed by atoms with Gasteiger partial charge < -0.3 is 5.11 Å². The fourth-order valence-electron chi connectivity index (χ4n) is 0.729. The Labute approximate surface area is 117 Å². The first-order chi connectivity index (χ1) is 8.20. The molecule has 2 heteroatoms. The molecule has 0 spiro atoms. The second-order valence-corrected chi connectivity index (χ2v) is 2.38. The third kappa shape index (κ3) is 31.3. The Kier molecular flexibility index (Phi) is 44.1. The van der Waals surface area contributed by atoms with Gasteiger partial charge in [-0.25, -0.2) is 0 Å². The summed E-state index contributed by atoms with van der Waals surface area (Å²) in [6, 6.07) is 0. The van der Waals surface area contributed by atoms with Crippen LogP contribution in [-0.4, -0.2) is 10.9 Å². The number of allylic oxidation sites excluding steroid dienone is 6. The molecular weight excluding hydrogens is 276 g/mol. The Bertz CT molecular complexity index is 187. The first-order valence-electron chi connectivity index (χ1n) is 6.27. The summed E-state index contributed by atoms with van der Waals surface area (Å²) in [7, 11) is 0. The average molecular weight is 307 g/mol. The molecule has 1 nitrogen and oxygen atoms in total. The molecule has 0 aromatic rings. The van der Waals surface area contributed by atoms with Crippen molar-refractivity contribution in [1.82, 2.24) is 0 Å². The number of rotatable bonds is 3. The van der Waals surface area contributed by atoms with E-state index in [4.69, 9.17) is 5.11 Å².